The lowest BCUT2D eigenvalue weighted by Gasteiger charge is -2.18. The highest BCUT2D eigenvalue weighted by Crippen LogP contribution is 2.34. The number of dihydropyridines is 1. The maximum atomic E-state index is 15.0. The lowest BCUT2D eigenvalue weighted by atomic mass is 9.94. The molecule has 1 aliphatic heterocycles. The number of anilines is 1. The number of aryl methyl sites for hydroxylation is 1. The lowest BCUT2D eigenvalue weighted by molar-refractivity contribution is 0.387. The van der Waals surface area contributed by atoms with Crippen molar-refractivity contribution >= 4 is 53.1 Å². The third kappa shape index (κ3) is 6.28. The summed E-state index contributed by atoms with van der Waals surface area (Å²) in [5.41, 5.74) is 8.36. The Morgan fingerprint density at radius 1 is 1.27 bits per heavy atom. The van der Waals surface area contributed by atoms with E-state index in [0.29, 0.717) is 44.1 Å². The average molecular weight is 489 g/mol. The number of hydrogen-bond donors (Lipinski definition) is 2. The van der Waals surface area contributed by atoms with Gasteiger partial charge in [-0.3, -0.25) is 9.98 Å². The van der Waals surface area contributed by atoms with Crippen molar-refractivity contribution in [3.63, 3.8) is 0 Å². The van der Waals surface area contributed by atoms with Crippen LogP contribution in [0, 0.1) is 12.7 Å². The van der Waals surface area contributed by atoms with Crippen LogP contribution in [-0.4, -0.2) is 44.5 Å². The van der Waals surface area contributed by atoms with Crippen molar-refractivity contribution < 1.29 is 9.13 Å². The first-order valence-corrected chi connectivity index (χ1v) is 11.0. The number of amidine groups is 1. The summed E-state index contributed by atoms with van der Waals surface area (Å²) >= 11 is 7.34. The van der Waals surface area contributed by atoms with Gasteiger partial charge in [-0.05, 0) is 69.4 Å². The highest BCUT2D eigenvalue weighted by molar-refractivity contribution is 8.00. The molecule has 1 aliphatic rings. The van der Waals surface area contributed by atoms with E-state index in [1.165, 1.54) is 38.4 Å². The number of methoxy groups -OCH3 is 1. The number of halogens is 2. The van der Waals surface area contributed by atoms with Gasteiger partial charge in [0.05, 0.1) is 17.0 Å². The molecule has 0 radical (unpaired) electrons. The molecule has 174 valence electrons. The number of benzene rings is 1. The summed E-state index contributed by atoms with van der Waals surface area (Å²) in [6.45, 7) is 7.13. The van der Waals surface area contributed by atoms with Crippen LogP contribution in [0.15, 0.2) is 62.1 Å². The zero-order valence-electron chi connectivity index (χ0n) is 19.1. The molecule has 1 aromatic carbocycles. The predicted octanol–water partition coefficient (Wildman–Crippen LogP) is 5.36. The summed E-state index contributed by atoms with van der Waals surface area (Å²) in [4.78, 5) is 17.3. The number of hydrogen-bond acceptors (Lipinski definition) is 7. The molecule has 1 aromatic heterocycles. The van der Waals surface area contributed by atoms with Crippen molar-refractivity contribution in [1.82, 2.24) is 4.98 Å². The molecule has 0 unspecified atom stereocenters. The van der Waals surface area contributed by atoms with E-state index in [4.69, 9.17) is 16.3 Å². The van der Waals surface area contributed by atoms with E-state index in [2.05, 4.69) is 37.1 Å². The zero-order chi connectivity index (χ0) is 24.5. The summed E-state index contributed by atoms with van der Waals surface area (Å²) in [6.07, 6.45) is 4.88. The summed E-state index contributed by atoms with van der Waals surface area (Å²) < 4.78 is 23.5. The Morgan fingerprint density at radius 2 is 2.00 bits per heavy atom. The second-order valence-electron chi connectivity index (χ2n) is 6.58. The topological polar surface area (TPSA) is 97.2 Å². The molecule has 0 bridgehead atoms. The Balaban J connectivity index is 0.00000187. The van der Waals surface area contributed by atoms with Crippen molar-refractivity contribution in [3.8, 4) is 5.88 Å². The Bertz CT molecular complexity index is 1160. The molecule has 0 amide bonds. The maximum Gasteiger partial charge on any atom is 0.228 e. The average Bonchev–Trinajstić information content (AvgIpc) is 2.81. The molecule has 3 rings (SSSR count). The number of aliphatic imine (C=N–C) groups is 3. The van der Waals surface area contributed by atoms with Crippen molar-refractivity contribution in [2.45, 2.75) is 18.7 Å². The van der Waals surface area contributed by atoms with Gasteiger partial charge in [0.2, 0.25) is 5.88 Å². The van der Waals surface area contributed by atoms with Gasteiger partial charge in [-0.15, -0.1) is 0 Å². The normalized spacial score (nSPS) is 15.4. The highest BCUT2D eigenvalue weighted by atomic mass is 35.5. The molecular weight excluding hydrogens is 463 g/mol. The van der Waals surface area contributed by atoms with Crippen LogP contribution in [0.25, 0.3) is 5.57 Å². The first-order valence-electron chi connectivity index (χ1n) is 9.79. The molecule has 0 saturated heterocycles. The van der Waals surface area contributed by atoms with E-state index in [1.807, 2.05) is 19.9 Å². The Hall–Kier alpha value is -3.01. The second kappa shape index (κ2) is 12.3. The van der Waals surface area contributed by atoms with E-state index in [9.17, 15) is 4.39 Å². The summed E-state index contributed by atoms with van der Waals surface area (Å²) in [7, 11) is 4.68. The number of aromatic nitrogens is 1. The Morgan fingerprint density at radius 3 is 2.64 bits per heavy atom. The van der Waals surface area contributed by atoms with Crippen LogP contribution in [0.3, 0.4) is 0 Å². The molecule has 0 fully saturated rings. The minimum Gasteiger partial charge on any atom is -0.480 e. The van der Waals surface area contributed by atoms with Crippen molar-refractivity contribution in [3.05, 3.63) is 64.2 Å². The van der Waals surface area contributed by atoms with Crippen molar-refractivity contribution in [2.24, 2.45) is 20.7 Å². The number of nitrogens with two attached hydrogens (primary N) is 1. The van der Waals surface area contributed by atoms with Gasteiger partial charge in [-0.1, -0.05) is 11.6 Å². The van der Waals surface area contributed by atoms with Crippen LogP contribution in [-0.2, 0) is 0 Å². The molecule has 3 N–H and O–H groups in total. The first kappa shape index (κ1) is 26.2. The first-order chi connectivity index (χ1) is 15.9. The number of allylic oxidation sites excluding steroid dienone is 1. The lowest BCUT2D eigenvalue weighted by Crippen LogP contribution is -2.12. The maximum absolute atomic E-state index is 15.0. The number of rotatable bonds is 6. The summed E-state index contributed by atoms with van der Waals surface area (Å²) in [5.74, 6) is 0.618. The number of ether oxygens (including phenoxy) is 1. The number of nitrogens with zero attached hydrogens (tertiary/aromatic N) is 4. The molecule has 33 heavy (non-hydrogen) atoms. The number of pyridine rings is 1. The second-order valence-corrected chi connectivity index (χ2v) is 7.87. The van der Waals surface area contributed by atoms with Gasteiger partial charge in [-0.25, -0.2) is 14.4 Å². The van der Waals surface area contributed by atoms with Crippen LogP contribution in [0.4, 0.5) is 10.1 Å². The van der Waals surface area contributed by atoms with Gasteiger partial charge in [0.25, 0.3) is 0 Å². The monoisotopic (exact) mass is 488 g/mol. The highest BCUT2D eigenvalue weighted by Gasteiger charge is 2.20. The molecule has 7 nitrogen and oxygen atoms in total. The third-order valence-electron chi connectivity index (χ3n) is 4.52. The van der Waals surface area contributed by atoms with Crippen molar-refractivity contribution in [2.75, 3.05) is 25.9 Å². The molecule has 10 heteroatoms. The van der Waals surface area contributed by atoms with Crippen LogP contribution in [0.5, 0.6) is 5.88 Å². The smallest absolute Gasteiger partial charge is 0.228 e. The molecule has 0 aliphatic carbocycles. The Kier molecular flexibility index (Phi) is 9.77. The number of nitrogens with one attached hydrogen (secondary N) is 1. The van der Waals surface area contributed by atoms with E-state index in [1.54, 1.807) is 25.4 Å². The van der Waals surface area contributed by atoms with Gasteiger partial charge in [0.1, 0.15) is 5.82 Å². The van der Waals surface area contributed by atoms with Crippen LogP contribution < -0.4 is 15.2 Å². The van der Waals surface area contributed by atoms with Gasteiger partial charge >= 0.3 is 0 Å². The fourth-order valence-electron chi connectivity index (χ4n) is 2.99. The predicted molar refractivity (Wildman–Crippen MR) is 139 cm³/mol. The van der Waals surface area contributed by atoms with Gasteiger partial charge < -0.3 is 15.2 Å². The largest absolute Gasteiger partial charge is 0.480 e. The third-order valence-corrected chi connectivity index (χ3v) is 5.56. The molecule has 2 heterocycles. The molecule has 0 spiro atoms. The minimum absolute atomic E-state index is 0.348. The Labute approximate surface area is 202 Å². The van der Waals surface area contributed by atoms with E-state index < -0.39 is 0 Å². The molecular formula is C23H26ClFN6OS. The van der Waals surface area contributed by atoms with Crippen LogP contribution in [0.1, 0.15) is 18.1 Å². The fraction of sp³-hybridized carbons (Fsp3) is 0.217. The molecule has 0 saturated carbocycles. The van der Waals surface area contributed by atoms with Crippen LogP contribution >= 0.6 is 23.5 Å². The minimum atomic E-state index is -0.348. The summed E-state index contributed by atoms with van der Waals surface area (Å²) in [5, 5.41) is 0.490. The molecule has 2 aromatic rings. The molecule has 0 atom stereocenters. The van der Waals surface area contributed by atoms with Crippen LogP contribution in [0.2, 0.25) is 5.02 Å². The van der Waals surface area contributed by atoms with Gasteiger partial charge in [-0.2, -0.15) is 0 Å². The quantitative estimate of drug-likeness (QED) is 0.421. The summed E-state index contributed by atoms with van der Waals surface area (Å²) in [6, 6.07) is 4.98. The zero-order valence-corrected chi connectivity index (χ0v) is 20.7. The van der Waals surface area contributed by atoms with Gasteiger partial charge in [0.15, 0.2) is 5.84 Å². The van der Waals surface area contributed by atoms with E-state index >= 15 is 0 Å². The van der Waals surface area contributed by atoms with Gasteiger partial charge in [0, 0.05) is 47.6 Å². The SMILES string of the molecule is C=N/C=C1/C=C(c2cc(NSc3cc(Cl)cnc3OC)c(C)cc2F)C(C)=NC1=NC.CN. The standard InChI is InChI=1S/C22H21ClFN5OS.CH5N/c1-12-6-18(24)17(16-7-14(10-25-3)21(26-4)28-13(16)2)9-19(12)29-31-20-8-15(23)11-27-22(20)30-5;1-2/h6-11,29H,3H2,1-2,4-5H3;2H2,1H3/b14-10-,26-21?;. The fourth-order valence-corrected chi connectivity index (χ4v) is 4.06. The van der Waals surface area contributed by atoms with E-state index in [0.717, 1.165) is 11.3 Å². The van der Waals surface area contributed by atoms with E-state index in [-0.39, 0.29) is 5.82 Å². The van der Waals surface area contributed by atoms with Crippen molar-refractivity contribution in [1.29, 1.82) is 0 Å².